The van der Waals surface area contributed by atoms with Gasteiger partial charge in [-0.3, -0.25) is 0 Å². The van der Waals surface area contributed by atoms with Gasteiger partial charge in [-0.15, -0.1) is 5.10 Å². The lowest BCUT2D eigenvalue weighted by molar-refractivity contribution is -0.0592. The average molecular weight is 447 g/mol. The molecule has 0 aliphatic carbocycles. The normalized spacial score (nSPS) is 18.9. The van der Waals surface area contributed by atoms with Crippen LogP contribution < -0.4 is 0 Å². The largest absolute Gasteiger partial charge is 0.461 e. The molecule has 4 rings (SSSR count). The Labute approximate surface area is 181 Å². The molecule has 31 heavy (non-hydrogen) atoms. The lowest BCUT2D eigenvalue weighted by atomic mass is 9.83. The summed E-state index contributed by atoms with van der Waals surface area (Å²) in [5, 5.41) is 7.93. The summed E-state index contributed by atoms with van der Waals surface area (Å²) in [6.07, 6.45) is 2.91. The third-order valence-corrected chi connectivity index (χ3v) is 7.38. The maximum Gasteiger partial charge on any atom is 0.356 e. The second-order valence-corrected chi connectivity index (χ2v) is 10.1. The Bertz CT molecular complexity index is 1240. The molecular formula is C21H26N4O5S. The molecular weight excluding hydrogens is 420 g/mol. The van der Waals surface area contributed by atoms with Gasteiger partial charge in [0.1, 0.15) is 5.69 Å². The molecule has 1 aliphatic heterocycles. The zero-order valence-corrected chi connectivity index (χ0v) is 18.8. The fourth-order valence-corrected chi connectivity index (χ4v) is 5.74. The van der Waals surface area contributed by atoms with Crippen LogP contribution in [0.2, 0.25) is 0 Å². The third kappa shape index (κ3) is 3.85. The van der Waals surface area contributed by atoms with Crippen LogP contribution >= 0.6 is 0 Å². The Hall–Kier alpha value is -2.72. The summed E-state index contributed by atoms with van der Waals surface area (Å²) in [7, 11) is -2.64. The fraction of sp³-hybridized carbons (Fsp3) is 0.476. The van der Waals surface area contributed by atoms with Crippen molar-refractivity contribution in [1.29, 1.82) is 0 Å². The molecule has 166 valence electrons. The van der Waals surface area contributed by atoms with Gasteiger partial charge in [-0.1, -0.05) is 11.3 Å². The van der Waals surface area contributed by atoms with E-state index in [9.17, 15) is 13.2 Å². The van der Waals surface area contributed by atoms with Crippen molar-refractivity contribution in [2.24, 2.45) is 7.05 Å². The summed E-state index contributed by atoms with van der Waals surface area (Å²) < 4.78 is 40.0. The van der Waals surface area contributed by atoms with E-state index in [-0.39, 0.29) is 22.9 Å². The number of carbonyl (C=O) groups is 1. The standard InChI is InChI=1S/C21H26N4O5S/c1-5-29-20(26)18-11-16-10-14(15-8-9-30-21(2,3)12-15)6-7-17(16)25(18)31(27,28)19-13-22-23-24(19)4/h6-7,10-11,13,15H,5,8-9,12H2,1-4H3. The molecule has 3 aromatic rings. The van der Waals surface area contributed by atoms with E-state index in [1.54, 1.807) is 19.1 Å². The topological polar surface area (TPSA) is 105 Å². The lowest BCUT2D eigenvalue weighted by Gasteiger charge is -2.35. The van der Waals surface area contributed by atoms with Crippen molar-refractivity contribution in [1.82, 2.24) is 19.0 Å². The van der Waals surface area contributed by atoms with Gasteiger partial charge in [-0.05, 0) is 63.3 Å². The van der Waals surface area contributed by atoms with Crippen LogP contribution in [0.3, 0.4) is 0 Å². The molecule has 10 heteroatoms. The molecule has 1 atom stereocenters. The molecule has 1 saturated heterocycles. The van der Waals surface area contributed by atoms with Gasteiger partial charge in [0.15, 0.2) is 5.03 Å². The lowest BCUT2D eigenvalue weighted by Crippen LogP contribution is -2.32. The number of aromatic nitrogens is 4. The molecule has 1 aromatic carbocycles. The monoisotopic (exact) mass is 446 g/mol. The van der Waals surface area contributed by atoms with Crippen molar-refractivity contribution in [2.75, 3.05) is 13.2 Å². The summed E-state index contributed by atoms with van der Waals surface area (Å²) >= 11 is 0. The van der Waals surface area contributed by atoms with Crippen LogP contribution in [0.25, 0.3) is 10.9 Å². The number of benzene rings is 1. The highest BCUT2D eigenvalue weighted by Gasteiger charge is 2.32. The number of nitrogens with zero attached hydrogens (tertiary/aromatic N) is 4. The third-order valence-electron chi connectivity index (χ3n) is 5.61. The van der Waals surface area contributed by atoms with E-state index in [1.807, 2.05) is 12.1 Å². The van der Waals surface area contributed by atoms with Crippen molar-refractivity contribution >= 4 is 26.9 Å². The van der Waals surface area contributed by atoms with Crippen LogP contribution in [0, 0.1) is 0 Å². The number of carbonyl (C=O) groups excluding carboxylic acids is 1. The maximum atomic E-state index is 13.4. The van der Waals surface area contributed by atoms with E-state index in [4.69, 9.17) is 9.47 Å². The van der Waals surface area contributed by atoms with Crippen LogP contribution in [-0.4, -0.2) is 52.2 Å². The quantitative estimate of drug-likeness (QED) is 0.555. The maximum absolute atomic E-state index is 13.4. The van der Waals surface area contributed by atoms with Crippen molar-refractivity contribution in [3.05, 3.63) is 41.7 Å². The van der Waals surface area contributed by atoms with Gasteiger partial charge in [-0.25, -0.2) is 13.4 Å². The number of esters is 1. The number of rotatable bonds is 5. The summed E-state index contributed by atoms with van der Waals surface area (Å²) in [6, 6.07) is 7.20. The summed E-state index contributed by atoms with van der Waals surface area (Å²) in [5.41, 5.74) is 1.23. The van der Waals surface area contributed by atoms with E-state index in [1.165, 1.54) is 7.05 Å². The predicted octanol–water partition coefficient (Wildman–Crippen LogP) is 2.86. The molecule has 0 spiro atoms. The zero-order valence-electron chi connectivity index (χ0n) is 18.0. The van der Waals surface area contributed by atoms with Gasteiger partial charge in [-0.2, -0.15) is 8.42 Å². The van der Waals surface area contributed by atoms with Crippen LogP contribution in [0.1, 0.15) is 55.6 Å². The van der Waals surface area contributed by atoms with Gasteiger partial charge >= 0.3 is 5.97 Å². The second-order valence-electron chi connectivity index (χ2n) is 8.33. The Morgan fingerprint density at radius 2 is 2.10 bits per heavy atom. The Morgan fingerprint density at radius 3 is 2.74 bits per heavy atom. The summed E-state index contributed by atoms with van der Waals surface area (Å²) in [5.74, 6) is -0.411. The van der Waals surface area contributed by atoms with E-state index in [0.29, 0.717) is 23.4 Å². The first-order valence-electron chi connectivity index (χ1n) is 10.2. The van der Waals surface area contributed by atoms with E-state index in [2.05, 4.69) is 24.2 Å². The first kappa shape index (κ1) is 21.5. The molecule has 1 unspecified atom stereocenters. The number of ether oxygens (including phenoxy) is 2. The average Bonchev–Trinajstić information content (AvgIpc) is 3.31. The highest BCUT2D eigenvalue weighted by Crippen LogP contribution is 2.37. The fourth-order valence-electron chi connectivity index (χ4n) is 4.19. The van der Waals surface area contributed by atoms with Crippen LogP contribution in [0.15, 0.2) is 35.5 Å². The number of fused-ring (bicyclic) bond motifs is 1. The highest BCUT2D eigenvalue weighted by atomic mass is 32.2. The molecule has 0 N–H and O–H groups in total. The van der Waals surface area contributed by atoms with Crippen molar-refractivity contribution in [3.8, 4) is 0 Å². The summed E-state index contributed by atoms with van der Waals surface area (Å²) in [6.45, 7) is 6.63. The van der Waals surface area contributed by atoms with E-state index < -0.39 is 16.0 Å². The van der Waals surface area contributed by atoms with Gasteiger partial charge < -0.3 is 9.47 Å². The minimum absolute atomic E-state index is 0.0532. The van der Waals surface area contributed by atoms with Gasteiger partial charge in [0.2, 0.25) is 0 Å². The van der Waals surface area contributed by atoms with Gasteiger partial charge in [0.25, 0.3) is 10.0 Å². The molecule has 0 radical (unpaired) electrons. The molecule has 2 aromatic heterocycles. The van der Waals surface area contributed by atoms with Crippen molar-refractivity contribution in [2.45, 2.75) is 50.2 Å². The minimum atomic E-state index is -4.13. The minimum Gasteiger partial charge on any atom is -0.461 e. The number of aryl methyl sites for hydroxylation is 1. The van der Waals surface area contributed by atoms with Crippen molar-refractivity contribution in [3.63, 3.8) is 0 Å². The predicted molar refractivity (Wildman–Crippen MR) is 113 cm³/mol. The Kier molecular flexibility index (Phi) is 5.38. The van der Waals surface area contributed by atoms with E-state index in [0.717, 1.165) is 33.3 Å². The first-order chi connectivity index (χ1) is 14.6. The molecule has 9 nitrogen and oxygen atoms in total. The smallest absolute Gasteiger partial charge is 0.356 e. The Balaban J connectivity index is 1.87. The van der Waals surface area contributed by atoms with Crippen LogP contribution in [0.5, 0.6) is 0 Å². The highest BCUT2D eigenvalue weighted by molar-refractivity contribution is 7.90. The van der Waals surface area contributed by atoms with E-state index >= 15 is 0 Å². The van der Waals surface area contributed by atoms with Gasteiger partial charge in [0.05, 0.1) is 23.9 Å². The Morgan fingerprint density at radius 1 is 1.32 bits per heavy atom. The zero-order chi connectivity index (χ0) is 22.4. The van der Waals surface area contributed by atoms with Gasteiger partial charge in [0, 0.05) is 19.0 Å². The van der Waals surface area contributed by atoms with Crippen LogP contribution in [0.4, 0.5) is 0 Å². The second kappa shape index (κ2) is 7.76. The molecule has 0 bridgehead atoms. The molecule has 1 aliphatic rings. The molecule has 3 heterocycles. The first-order valence-corrected chi connectivity index (χ1v) is 11.6. The number of hydrogen-bond acceptors (Lipinski definition) is 7. The molecule has 1 fully saturated rings. The van der Waals surface area contributed by atoms with Crippen molar-refractivity contribution < 1.29 is 22.7 Å². The van der Waals surface area contributed by atoms with Crippen LogP contribution in [-0.2, 0) is 26.5 Å². The molecule has 0 saturated carbocycles. The molecule has 0 amide bonds. The summed E-state index contributed by atoms with van der Waals surface area (Å²) in [4.78, 5) is 12.6. The number of hydrogen-bond donors (Lipinski definition) is 0. The SMILES string of the molecule is CCOC(=O)c1cc2cc(C3CCOC(C)(C)C3)ccc2n1S(=O)(=O)c1cnnn1C.